The lowest BCUT2D eigenvalue weighted by molar-refractivity contribution is -0.136. The topological polar surface area (TPSA) is 49.3 Å². The summed E-state index contributed by atoms with van der Waals surface area (Å²) in [6.07, 6.45) is 5.41. The molecule has 1 aliphatic carbocycles. The Morgan fingerprint density at radius 2 is 1.84 bits per heavy atom. The molecule has 2 atom stereocenters. The Hall–Kier alpha value is -1.35. The monoisotopic (exact) mass is 261 g/mol. The molecule has 3 heteroatoms. The summed E-state index contributed by atoms with van der Waals surface area (Å²) in [7, 11) is 0. The van der Waals surface area contributed by atoms with Gasteiger partial charge in [0.25, 0.3) is 0 Å². The maximum atomic E-state index is 10.6. The molecule has 1 fully saturated rings. The van der Waals surface area contributed by atoms with Crippen LogP contribution in [0.4, 0.5) is 0 Å². The molecule has 0 amide bonds. The van der Waals surface area contributed by atoms with Crippen molar-refractivity contribution < 1.29 is 9.90 Å². The number of nitrogens with one attached hydrogen (secondary N) is 1. The molecule has 1 aromatic rings. The van der Waals surface area contributed by atoms with E-state index in [1.807, 2.05) is 24.3 Å². The predicted molar refractivity (Wildman–Crippen MR) is 76.0 cm³/mol. The largest absolute Gasteiger partial charge is 0.481 e. The van der Waals surface area contributed by atoms with E-state index in [4.69, 9.17) is 5.11 Å². The van der Waals surface area contributed by atoms with E-state index in [1.165, 1.54) is 31.2 Å². The summed E-state index contributed by atoms with van der Waals surface area (Å²) in [5.74, 6) is -0.0121. The van der Waals surface area contributed by atoms with Crippen LogP contribution in [0.5, 0.6) is 0 Å². The maximum absolute atomic E-state index is 10.6. The fourth-order valence-electron chi connectivity index (χ4n) is 2.82. The Labute approximate surface area is 115 Å². The van der Waals surface area contributed by atoms with Crippen LogP contribution in [-0.2, 0) is 17.8 Å². The van der Waals surface area contributed by atoms with Crippen LogP contribution in [0.25, 0.3) is 0 Å². The second-order valence-electron chi connectivity index (χ2n) is 5.64. The first-order chi connectivity index (χ1) is 9.15. The molecule has 0 radical (unpaired) electrons. The van der Waals surface area contributed by atoms with Gasteiger partial charge in [-0.05, 0) is 29.9 Å². The number of rotatable bonds is 5. The molecule has 0 bridgehead atoms. The highest BCUT2D eigenvalue weighted by atomic mass is 16.4. The minimum absolute atomic E-state index is 0.105. The first-order valence-corrected chi connectivity index (χ1v) is 7.18. The van der Waals surface area contributed by atoms with Crippen molar-refractivity contribution in [3.8, 4) is 0 Å². The van der Waals surface area contributed by atoms with Gasteiger partial charge in [0, 0.05) is 12.6 Å². The van der Waals surface area contributed by atoms with Gasteiger partial charge >= 0.3 is 5.97 Å². The summed E-state index contributed by atoms with van der Waals surface area (Å²) in [5.41, 5.74) is 2.09. The van der Waals surface area contributed by atoms with Crippen molar-refractivity contribution in [2.24, 2.45) is 5.92 Å². The van der Waals surface area contributed by atoms with Gasteiger partial charge in [0.2, 0.25) is 0 Å². The van der Waals surface area contributed by atoms with E-state index >= 15 is 0 Å². The first kappa shape index (κ1) is 14.1. The maximum Gasteiger partial charge on any atom is 0.307 e. The molecule has 2 rings (SSSR count). The number of hydrogen-bond donors (Lipinski definition) is 2. The number of hydrogen-bond acceptors (Lipinski definition) is 2. The molecule has 0 aromatic heterocycles. The Morgan fingerprint density at radius 1 is 1.21 bits per heavy atom. The van der Waals surface area contributed by atoms with Gasteiger partial charge in [-0.2, -0.15) is 0 Å². The third kappa shape index (κ3) is 4.35. The number of carbonyl (C=O) groups is 1. The van der Waals surface area contributed by atoms with Crippen LogP contribution in [-0.4, -0.2) is 17.1 Å². The summed E-state index contributed by atoms with van der Waals surface area (Å²) in [4.78, 5) is 10.6. The third-order valence-electron chi connectivity index (χ3n) is 4.06. The molecular formula is C16H23NO2. The van der Waals surface area contributed by atoms with Crippen molar-refractivity contribution in [3.05, 3.63) is 35.4 Å². The van der Waals surface area contributed by atoms with Gasteiger partial charge in [-0.15, -0.1) is 0 Å². The fourth-order valence-corrected chi connectivity index (χ4v) is 2.82. The molecular weight excluding hydrogens is 238 g/mol. The molecule has 0 saturated heterocycles. The van der Waals surface area contributed by atoms with Crippen molar-refractivity contribution in [1.82, 2.24) is 5.32 Å². The van der Waals surface area contributed by atoms with E-state index in [2.05, 4.69) is 12.2 Å². The zero-order valence-electron chi connectivity index (χ0n) is 11.6. The molecule has 0 spiro atoms. The number of aliphatic carboxylic acids is 1. The smallest absolute Gasteiger partial charge is 0.307 e. The highest BCUT2D eigenvalue weighted by Gasteiger charge is 2.20. The minimum Gasteiger partial charge on any atom is -0.481 e. The van der Waals surface area contributed by atoms with E-state index in [-0.39, 0.29) is 6.42 Å². The molecule has 1 aromatic carbocycles. The Bertz CT molecular complexity index is 413. The summed E-state index contributed by atoms with van der Waals surface area (Å²) >= 11 is 0. The molecule has 1 aliphatic rings. The quantitative estimate of drug-likeness (QED) is 0.856. The predicted octanol–water partition coefficient (Wildman–Crippen LogP) is 2.98. The highest BCUT2D eigenvalue weighted by Crippen LogP contribution is 2.23. The molecule has 0 heterocycles. The van der Waals surface area contributed by atoms with Gasteiger partial charge in [-0.25, -0.2) is 0 Å². The third-order valence-corrected chi connectivity index (χ3v) is 4.06. The van der Waals surface area contributed by atoms with Gasteiger partial charge < -0.3 is 10.4 Å². The fraction of sp³-hybridized carbons (Fsp3) is 0.562. The van der Waals surface area contributed by atoms with Crippen molar-refractivity contribution in [3.63, 3.8) is 0 Å². The molecule has 0 aliphatic heterocycles. The minimum atomic E-state index is -0.776. The van der Waals surface area contributed by atoms with Crippen LogP contribution in [0.1, 0.15) is 43.7 Å². The Kier molecular flexibility index (Phi) is 4.97. The summed E-state index contributed by atoms with van der Waals surface area (Å²) in [6, 6.07) is 8.51. The highest BCUT2D eigenvalue weighted by molar-refractivity contribution is 5.70. The summed E-state index contributed by atoms with van der Waals surface area (Å²) in [5, 5.41) is 12.4. The van der Waals surface area contributed by atoms with E-state index in [9.17, 15) is 4.79 Å². The van der Waals surface area contributed by atoms with Crippen LogP contribution < -0.4 is 5.32 Å². The lowest BCUT2D eigenvalue weighted by Gasteiger charge is -2.29. The van der Waals surface area contributed by atoms with Crippen molar-refractivity contribution >= 4 is 5.97 Å². The Balaban J connectivity index is 1.84. The molecule has 1 saturated carbocycles. The van der Waals surface area contributed by atoms with Crippen LogP contribution in [0.15, 0.2) is 24.3 Å². The van der Waals surface area contributed by atoms with E-state index in [0.29, 0.717) is 6.04 Å². The van der Waals surface area contributed by atoms with Gasteiger partial charge in [0.1, 0.15) is 0 Å². The zero-order chi connectivity index (χ0) is 13.7. The number of carboxylic acid groups (broad SMARTS) is 1. The van der Waals surface area contributed by atoms with E-state index in [1.54, 1.807) is 0 Å². The van der Waals surface area contributed by atoms with Crippen molar-refractivity contribution in [1.29, 1.82) is 0 Å². The standard InChI is InChI=1S/C16H23NO2/c1-12-4-2-3-5-15(12)17-11-14-8-6-13(7-9-14)10-16(18)19/h6-9,12,15,17H,2-5,10-11H2,1H3,(H,18,19). The van der Waals surface area contributed by atoms with Crippen LogP contribution in [0.3, 0.4) is 0 Å². The molecule has 3 nitrogen and oxygen atoms in total. The van der Waals surface area contributed by atoms with Gasteiger partial charge in [0.15, 0.2) is 0 Å². The van der Waals surface area contributed by atoms with Crippen molar-refractivity contribution in [2.75, 3.05) is 0 Å². The van der Waals surface area contributed by atoms with Crippen LogP contribution in [0.2, 0.25) is 0 Å². The lowest BCUT2D eigenvalue weighted by Crippen LogP contribution is -2.36. The molecule has 104 valence electrons. The number of carboxylic acids is 1. The average Bonchev–Trinajstić information content (AvgIpc) is 2.39. The van der Waals surface area contributed by atoms with E-state index < -0.39 is 5.97 Å². The molecule has 2 N–H and O–H groups in total. The first-order valence-electron chi connectivity index (χ1n) is 7.18. The zero-order valence-corrected chi connectivity index (χ0v) is 11.6. The number of benzene rings is 1. The van der Waals surface area contributed by atoms with Crippen molar-refractivity contribution in [2.45, 2.75) is 51.6 Å². The van der Waals surface area contributed by atoms with Crippen LogP contribution in [0, 0.1) is 5.92 Å². The molecule has 2 unspecified atom stereocenters. The van der Waals surface area contributed by atoms with Gasteiger partial charge in [-0.1, -0.05) is 44.0 Å². The molecule has 19 heavy (non-hydrogen) atoms. The van der Waals surface area contributed by atoms with Crippen LogP contribution >= 0.6 is 0 Å². The Morgan fingerprint density at radius 3 is 2.47 bits per heavy atom. The van der Waals surface area contributed by atoms with E-state index in [0.717, 1.165) is 18.0 Å². The SMILES string of the molecule is CC1CCCCC1NCc1ccc(CC(=O)O)cc1. The normalized spacial score (nSPS) is 23.2. The second kappa shape index (κ2) is 6.71. The van der Waals surface area contributed by atoms with Gasteiger partial charge in [-0.3, -0.25) is 4.79 Å². The average molecular weight is 261 g/mol. The second-order valence-corrected chi connectivity index (χ2v) is 5.64. The lowest BCUT2D eigenvalue weighted by atomic mass is 9.86. The summed E-state index contributed by atoms with van der Waals surface area (Å²) < 4.78 is 0. The van der Waals surface area contributed by atoms with Gasteiger partial charge in [0.05, 0.1) is 6.42 Å². The summed E-state index contributed by atoms with van der Waals surface area (Å²) in [6.45, 7) is 3.20.